The maximum Gasteiger partial charge on any atom is 0.211 e. The van der Waals surface area contributed by atoms with Gasteiger partial charge in [-0.1, -0.05) is 11.6 Å². The predicted molar refractivity (Wildman–Crippen MR) is 123 cm³/mol. The minimum atomic E-state index is -3.79. The summed E-state index contributed by atoms with van der Waals surface area (Å²) in [7, 11) is -0.213. The third kappa shape index (κ3) is 4.90. The summed E-state index contributed by atoms with van der Waals surface area (Å²) in [6.07, 6.45) is 3.04. The molecule has 0 bridgehead atoms. The largest absolute Gasteiger partial charge is 0.495 e. The highest BCUT2D eigenvalue weighted by Gasteiger charge is 2.25. The van der Waals surface area contributed by atoms with Crippen molar-refractivity contribution in [1.82, 2.24) is 9.88 Å². The van der Waals surface area contributed by atoms with Crippen molar-refractivity contribution >= 4 is 21.4 Å². The minimum absolute atomic E-state index is 0.122. The van der Waals surface area contributed by atoms with E-state index < -0.39 is 9.84 Å². The van der Waals surface area contributed by atoms with E-state index in [2.05, 4.69) is 16.9 Å². The Bertz CT molecular complexity index is 1200. The molecule has 0 saturated carbocycles. The van der Waals surface area contributed by atoms with E-state index in [0.29, 0.717) is 22.2 Å². The van der Waals surface area contributed by atoms with E-state index in [-0.39, 0.29) is 16.4 Å². The lowest BCUT2D eigenvalue weighted by molar-refractivity contribution is 0.301. The van der Waals surface area contributed by atoms with E-state index in [0.717, 1.165) is 37.1 Å². The number of methoxy groups -OCH3 is 1. The molecule has 8 heteroatoms. The van der Waals surface area contributed by atoms with Gasteiger partial charge < -0.3 is 14.4 Å². The fourth-order valence-corrected chi connectivity index (χ4v) is 5.21. The van der Waals surface area contributed by atoms with Gasteiger partial charge in [-0.3, -0.25) is 4.98 Å². The molecular formula is C24H25ClN2O4S. The van der Waals surface area contributed by atoms with E-state index in [4.69, 9.17) is 21.1 Å². The molecule has 32 heavy (non-hydrogen) atoms. The summed E-state index contributed by atoms with van der Waals surface area (Å²) in [5.41, 5.74) is 2.81. The summed E-state index contributed by atoms with van der Waals surface area (Å²) in [6.45, 7) is 2.05. The number of halogens is 1. The summed E-state index contributed by atoms with van der Waals surface area (Å²) in [5.74, 6) is 1.02. The molecule has 2 aromatic carbocycles. The Labute approximate surface area is 193 Å². The molecule has 0 fully saturated rings. The summed E-state index contributed by atoms with van der Waals surface area (Å²) >= 11 is 5.88. The van der Waals surface area contributed by atoms with Crippen molar-refractivity contribution < 1.29 is 17.9 Å². The second kappa shape index (κ2) is 9.48. The van der Waals surface area contributed by atoms with Gasteiger partial charge in [0.2, 0.25) is 9.84 Å². The number of hydrogen-bond acceptors (Lipinski definition) is 6. The molecule has 0 atom stereocenters. The number of nitrogens with zero attached hydrogens (tertiary/aromatic N) is 2. The average Bonchev–Trinajstić information content (AvgIpc) is 2.99. The molecule has 0 radical (unpaired) electrons. The molecule has 1 aliphatic rings. The smallest absolute Gasteiger partial charge is 0.211 e. The van der Waals surface area contributed by atoms with Crippen molar-refractivity contribution in [2.24, 2.45) is 0 Å². The van der Waals surface area contributed by atoms with Gasteiger partial charge in [0, 0.05) is 24.3 Å². The standard InChI is InChI=1S/C24H25ClN2O4S/c1-27-11-9-17-13-23(30-2)24(14-18(17)10-12-27)32(28,29)22-8-5-20(26-15-22)16-31-21-6-3-19(25)4-7-21/h3-8,13-15H,9-12,16H2,1-2H3. The van der Waals surface area contributed by atoms with Crippen molar-refractivity contribution in [1.29, 1.82) is 0 Å². The number of ether oxygens (including phenoxy) is 2. The van der Waals surface area contributed by atoms with Gasteiger partial charge in [-0.2, -0.15) is 0 Å². The van der Waals surface area contributed by atoms with Crippen molar-refractivity contribution in [3.63, 3.8) is 0 Å². The molecule has 1 aromatic heterocycles. The second-order valence-electron chi connectivity index (χ2n) is 7.81. The first-order chi connectivity index (χ1) is 15.4. The molecule has 2 heterocycles. The monoisotopic (exact) mass is 472 g/mol. The van der Waals surface area contributed by atoms with Crippen molar-refractivity contribution in [2.45, 2.75) is 29.2 Å². The van der Waals surface area contributed by atoms with E-state index in [9.17, 15) is 8.42 Å². The number of hydrogen-bond donors (Lipinski definition) is 0. The molecule has 4 rings (SSSR count). The van der Waals surface area contributed by atoms with Crippen LogP contribution in [0.15, 0.2) is 64.5 Å². The van der Waals surface area contributed by atoms with Crippen LogP contribution in [0.5, 0.6) is 11.5 Å². The van der Waals surface area contributed by atoms with Gasteiger partial charge in [0.25, 0.3) is 0 Å². The van der Waals surface area contributed by atoms with E-state index in [1.165, 1.54) is 13.3 Å². The lowest BCUT2D eigenvalue weighted by Crippen LogP contribution is -2.20. The first kappa shape index (κ1) is 22.6. The molecule has 0 unspecified atom stereocenters. The van der Waals surface area contributed by atoms with Crippen molar-refractivity contribution in [2.75, 3.05) is 27.2 Å². The van der Waals surface area contributed by atoms with Crippen molar-refractivity contribution in [3.8, 4) is 11.5 Å². The fraction of sp³-hybridized carbons (Fsp3) is 0.292. The zero-order chi connectivity index (χ0) is 22.7. The Morgan fingerprint density at radius 2 is 1.72 bits per heavy atom. The molecule has 0 aliphatic carbocycles. The molecule has 168 valence electrons. The lowest BCUT2D eigenvalue weighted by Gasteiger charge is -2.14. The number of fused-ring (bicyclic) bond motifs is 1. The Morgan fingerprint density at radius 1 is 1.03 bits per heavy atom. The summed E-state index contributed by atoms with van der Waals surface area (Å²) < 4.78 is 37.9. The molecule has 0 amide bonds. The Balaban J connectivity index is 1.57. The summed E-state index contributed by atoms with van der Waals surface area (Å²) in [5, 5.41) is 0.630. The van der Waals surface area contributed by atoms with E-state index >= 15 is 0 Å². The lowest BCUT2D eigenvalue weighted by atomic mass is 10.0. The van der Waals surface area contributed by atoms with Gasteiger partial charge in [-0.25, -0.2) is 8.42 Å². The van der Waals surface area contributed by atoms with Crippen LogP contribution < -0.4 is 9.47 Å². The highest BCUT2D eigenvalue weighted by atomic mass is 35.5. The van der Waals surface area contributed by atoms with Gasteiger partial charge >= 0.3 is 0 Å². The van der Waals surface area contributed by atoms with Crippen molar-refractivity contribution in [3.05, 3.63) is 76.6 Å². The van der Waals surface area contributed by atoms with Crippen LogP contribution >= 0.6 is 11.6 Å². The second-order valence-corrected chi connectivity index (χ2v) is 10.2. The normalized spacial score (nSPS) is 14.5. The molecule has 0 spiro atoms. The van der Waals surface area contributed by atoms with Crippen LogP contribution in [0.3, 0.4) is 0 Å². The molecular weight excluding hydrogens is 448 g/mol. The Hall–Kier alpha value is -2.61. The number of rotatable bonds is 6. The highest BCUT2D eigenvalue weighted by molar-refractivity contribution is 7.91. The molecule has 0 saturated heterocycles. The quantitative estimate of drug-likeness (QED) is 0.536. The molecule has 0 N–H and O–H groups in total. The van der Waals surface area contributed by atoms with Crippen LogP contribution in [0.1, 0.15) is 16.8 Å². The van der Waals surface area contributed by atoms with Crippen LogP contribution in [0.2, 0.25) is 5.02 Å². The fourth-order valence-electron chi connectivity index (χ4n) is 3.68. The van der Waals surface area contributed by atoms with Gasteiger partial charge in [0.15, 0.2) is 0 Å². The van der Waals surface area contributed by atoms with Gasteiger partial charge in [0.05, 0.1) is 17.7 Å². The SMILES string of the molecule is COc1cc2c(cc1S(=O)(=O)c1ccc(COc3ccc(Cl)cc3)nc1)CCN(C)CC2. The minimum Gasteiger partial charge on any atom is -0.495 e. The zero-order valence-electron chi connectivity index (χ0n) is 18.0. The third-order valence-corrected chi connectivity index (χ3v) is 7.62. The van der Waals surface area contributed by atoms with Crippen LogP contribution in [0.4, 0.5) is 0 Å². The Morgan fingerprint density at radius 3 is 2.34 bits per heavy atom. The van der Waals surface area contributed by atoms with Gasteiger partial charge in [-0.05, 0) is 79.5 Å². The number of aromatic nitrogens is 1. The number of likely N-dealkylation sites (N-methyl/N-ethyl adjacent to an activating group) is 1. The molecule has 3 aromatic rings. The highest BCUT2D eigenvalue weighted by Crippen LogP contribution is 2.33. The van der Waals surface area contributed by atoms with Gasteiger partial charge in [0.1, 0.15) is 23.0 Å². The number of pyridine rings is 1. The summed E-state index contributed by atoms with van der Waals surface area (Å²) in [6, 6.07) is 13.9. The van der Waals surface area contributed by atoms with Crippen LogP contribution in [-0.4, -0.2) is 45.5 Å². The average molecular weight is 473 g/mol. The topological polar surface area (TPSA) is 68.7 Å². The zero-order valence-corrected chi connectivity index (χ0v) is 19.6. The summed E-state index contributed by atoms with van der Waals surface area (Å²) in [4.78, 5) is 6.84. The van der Waals surface area contributed by atoms with Crippen LogP contribution in [0, 0.1) is 0 Å². The number of sulfone groups is 1. The maximum atomic E-state index is 13.4. The maximum absolute atomic E-state index is 13.4. The first-order valence-corrected chi connectivity index (χ1v) is 12.2. The molecule has 1 aliphatic heterocycles. The predicted octanol–water partition coefficient (Wildman–Crippen LogP) is 4.19. The first-order valence-electron chi connectivity index (χ1n) is 10.3. The number of benzene rings is 2. The van der Waals surface area contributed by atoms with E-state index in [1.54, 1.807) is 42.5 Å². The Kier molecular flexibility index (Phi) is 6.69. The van der Waals surface area contributed by atoms with Crippen LogP contribution in [0.25, 0.3) is 0 Å². The van der Waals surface area contributed by atoms with Gasteiger partial charge in [-0.15, -0.1) is 0 Å². The van der Waals surface area contributed by atoms with Crippen LogP contribution in [-0.2, 0) is 29.3 Å². The molecule has 6 nitrogen and oxygen atoms in total. The van der Waals surface area contributed by atoms with E-state index in [1.807, 2.05) is 6.07 Å². The third-order valence-electron chi connectivity index (χ3n) is 5.61.